The van der Waals surface area contributed by atoms with E-state index in [1.165, 1.54) is 5.38 Å². The number of rotatable bonds is 3. The highest BCUT2D eigenvalue weighted by Crippen LogP contribution is 2.32. The molecule has 5 nitrogen and oxygen atoms in total. The Labute approximate surface area is 95.9 Å². The van der Waals surface area contributed by atoms with Gasteiger partial charge in [0.2, 0.25) is 0 Å². The van der Waals surface area contributed by atoms with Crippen LogP contribution in [-0.2, 0) is 16.8 Å². The van der Waals surface area contributed by atoms with Crippen molar-refractivity contribution in [2.75, 3.05) is 0 Å². The van der Waals surface area contributed by atoms with Crippen LogP contribution in [0.2, 0.25) is 0 Å². The van der Waals surface area contributed by atoms with Gasteiger partial charge in [-0.2, -0.15) is 13.1 Å². The SMILES string of the molecule is NS(=O)(=O)NCc1c[s+]([O-])c2ccccc12. The summed E-state index contributed by atoms with van der Waals surface area (Å²) in [5, 5.41) is 7.16. The molecule has 0 radical (unpaired) electrons. The first kappa shape index (κ1) is 11.5. The van der Waals surface area contributed by atoms with E-state index in [0.29, 0.717) is 10.3 Å². The highest BCUT2D eigenvalue weighted by molar-refractivity contribution is 7.87. The van der Waals surface area contributed by atoms with Crippen molar-refractivity contribution in [1.82, 2.24) is 4.72 Å². The van der Waals surface area contributed by atoms with Gasteiger partial charge in [0.1, 0.15) is 5.38 Å². The van der Waals surface area contributed by atoms with E-state index in [1.54, 1.807) is 18.2 Å². The third-order valence-corrected chi connectivity index (χ3v) is 4.00. The molecular formula is C9H10N2O3S2. The van der Waals surface area contributed by atoms with Crippen molar-refractivity contribution in [3.8, 4) is 0 Å². The molecular weight excluding hydrogens is 248 g/mol. The smallest absolute Gasteiger partial charge is 0.274 e. The highest BCUT2D eigenvalue weighted by Gasteiger charge is 2.13. The summed E-state index contributed by atoms with van der Waals surface area (Å²) < 4.78 is 36.0. The van der Waals surface area contributed by atoms with E-state index in [0.717, 1.165) is 5.39 Å². The maximum absolute atomic E-state index is 11.6. The molecule has 1 aromatic carbocycles. The standard InChI is InChI=1S/C9H10N2O3S2/c10-16(13,14)11-5-7-6-15(12)9-4-2-1-3-8(7)9/h1-4,6,11H,5H2,(H2,10,13,14). The minimum absolute atomic E-state index is 0.0571. The molecule has 2 rings (SSSR count). The summed E-state index contributed by atoms with van der Waals surface area (Å²) in [6, 6.07) is 7.16. The molecule has 2 aromatic rings. The lowest BCUT2D eigenvalue weighted by Crippen LogP contribution is -2.30. The van der Waals surface area contributed by atoms with Crippen LogP contribution >= 0.6 is 10.8 Å². The lowest BCUT2D eigenvalue weighted by atomic mass is 10.2. The summed E-state index contributed by atoms with van der Waals surface area (Å²) in [6.07, 6.45) is 0. The van der Waals surface area contributed by atoms with Gasteiger partial charge in [-0.15, -0.1) is 0 Å². The van der Waals surface area contributed by atoms with Crippen LogP contribution < -0.4 is 9.86 Å². The summed E-state index contributed by atoms with van der Waals surface area (Å²) in [4.78, 5) is 0. The number of benzene rings is 1. The third-order valence-electron chi connectivity index (χ3n) is 2.16. The molecule has 3 N–H and O–H groups in total. The zero-order valence-corrected chi connectivity index (χ0v) is 9.85. The Hall–Kier alpha value is -0.990. The van der Waals surface area contributed by atoms with Gasteiger partial charge >= 0.3 is 0 Å². The monoisotopic (exact) mass is 258 g/mol. The zero-order chi connectivity index (χ0) is 11.8. The van der Waals surface area contributed by atoms with Crippen molar-refractivity contribution in [1.29, 1.82) is 0 Å². The van der Waals surface area contributed by atoms with E-state index in [1.807, 2.05) is 6.07 Å². The molecule has 0 saturated carbocycles. The zero-order valence-electron chi connectivity index (χ0n) is 8.21. The van der Waals surface area contributed by atoms with E-state index in [2.05, 4.69) is 4.72 Å². The Morgan fingerprint density at radius 1 is 1.38 bits per heavy atom. The number of hydrogen-bond acceptors (Lipinski definition) is 3. The minimum Gasteiger partial charge on any atom is -0.590 e. The van der Waals surface area contributed by atoms with E-state index in [9.17, 15) is 13.0 Å². The molecule has 0 spiro atoms. The molecule has 0 aliphatic heterocycles. The lowest BCUT2D eigenvalue weighted by molar-refractivity contribution is 0.583. The van der Waals surface area contributed by atoms with E-state index in [4.69, 9.17) is 5.14 Å². The first-order valence-corrected chi connectivity index (χ1v) is 7.21. The summed E-state index contributed by atoms with van der Waals surface area (Å²) in [5.41, 5.74) is 0.683. The average molecular weight is 258 g/mol. The second kappa shape index (κ2) is 4.11. The summed E-state index contributed by atoms with van der Waals surface area (Å²) >= 11 is 0. The first-order valence-electron chi connectivity index (χ1n) is 4.45. The largest absolute Gasteiger partial charge is 0.590 e. The van der Waals surface area contributed by atoms with E-state index in [-0.39, 0.29) is 6.54 Å². The Morgan fingerprint density at radius 2 is 2.06 bits per heavy atom. The molecule has 1 unspecified atom stereocenters. The molecule has 1 aromatic heterocycles. The van der Waals surface area contributed by atoms with Crippen LogP contribution in [0.25, 0.3) is 10.1 Å². The molecule has 7 heteroatoms. The van der Waals surface area contributed by atoms with Gasteiger partial charge in [0.25, 0.3) is 10.2 Å². The number of thiophene rings is 1. The van der Waals surface area contributed by atoms with Crippen LogP contribution in [0.3, 0.4) is 0 Å². The first-order chi connectivity index (χ1) is 7.47. The van der Waals surface area contributed by atoms with Crippen molar-refractivity contribution in [3.63, 3.8) is 0 Å². The molecule has 0 saturated heterocycles. The normalized spacial score (nSPS) is 13.2. The Bertz CT molecular complexity index is 619. The van der Waals surface area contributed by atoms with Crippen LogP contribution in [0.1, 0.15) is 5.56 Å². The predicted octanol–water partition coefficient (Wildman–Crippen LogP) is 0.861. The number of nitrogens with one attached hydrogen (secondary N) is 1. The summed E-state index contributed by atoms with van der Waals surface area (Å²) in [6.45, 7) is 0.0571. The third kappa shape index (κ3) is 2.39. The summed E-state index contributed by atoms with van der Waals surface area (Å²) in [5.74, 6) is 0. The quantitative estimate of drug-likeness (QED) is 0.799. The van der Waals surface area contributed by atoms with Gasteiger partial charge in [0.05, 0.1) is 0 Å². The molecule has 1 atom stereocenters. The Morgan fingerprint density at radius 3 is 2.75 bits per heavy atom. The molecule has 1 heterocycles. The van der Waals surface area contributed by atoms with Crippen molar-refractivity contribution in [2.24, 2.45) is 5.14 Å². The number of nitrogens with two attached hydrogens (primary N) is 1. The van der Waals surface area contributed by atoms with Crippen molar-refractivity contribution < 1.29 is 13.0 Å². The molecule has 0 aliphatic rings. The van der Waals surface area contributed by atoms with Crippen molar-refractivity contribution in [2.45, 2.75) is 6.54 Å². The highest BCUT2D eigenvalue weighted by atomic mass is 32.2. The molecule has 0 aliphatic carbocycles. The van der Waals surface area contributed by atoms with Crippen LogP contribution in [0.5, 0.6) is 0 Å². The maximum atomic E-state index is 11.6. The van der Waals surface area contributed by atoms with Gasteiger partial charge in [-0.3, -0.25) is 0 Å². The van der Waals surface area contributed by atoms with Crippen LogP contribution in [0.15, 0.2) is 29.6 Å². The second-order valence-corrected chi connectivity index (χ2v) is 5.95. The fourth-order valence-electron chi connectivity index (χ4n) is 1.48. The van der Waals surface area contributed by atoms with Gasteiger partial charge in [-0.25, -0.2) is 5.14 Å². The molecule has 86 valence electrons. The number of hydrogen-bond donors (Lipinski definition) is 2. The predicted molar refractivity (Wildman–Crippen MR) is 62.5 cm³/mol. The molecule has 0 fully saturated rings. The van der Waals surface area contributed by atoms with Gasteiger partial charge in [-0.05, 0) is 22.9 Å². The fraction of sp³-hybridized carbons (Fsp3) is 0.111. The maximum Gasteiger partial charge on any atom is 0.274 e. The molecule has 0 amide bonds. The van der Waals surface area contributed by atoms with Crippen LogP contribution in [-0.4, -0.2) is 13.0 Å². The van der Waals surface area contributed by atoms with E-state index >= 15 is 0 Å². The molecule has 16 heavy (non-hydrogen) atoms. The fourth-order valence-corrected chi connectivity index (χ4v) is 3.06. The van der Waals surface area contributed by atoms with Gasteiger partial charge in [-0.1, -0.05) is 12.1 Å². The van der Waals surface area contributed by atoms with E-state index < -0.39 is 21.0 Å². The topological polar surface area (TPSA) is 95.2 Å². The summed E-state index contributed by atoms with van der Waals surface area (Å²) in [7, 11) is -4.92. The second-order valence-electron chi connectivity index (χ2n) is 3.30. The Kier molecular flexibility index (Phi) is 2.96. The minimum atomic E-state index is -3.72. The lowest BCUT2D eigenvalue weighted by Gasteiger charge is -1.98. The van der Waals surface area contributed by atoms with Crippen LogP contribution in [0, 0.1) is 0 Å². The van der Waals surface area contributed by atoms with Crippen LogP contribution in [0.4, 0.5) is 0 Å². The average Bonchev–Trinajstić information content (AvgIpc) is 2.53. The Balaban J connectivity index is 2.38. The molecule has 0 bridgehead atoms. The van der Waals surface area contributed by atoms with Gasteiger partial charge in [0, 0.05) is 17.5 Å². The van der Waals surface area contributed by atoms with Gasteiger partial charge in [0.15, 0.2) is 4.70 Å². The van der Waals surface area contributed by atoms with Crippen molar-refractivity contribution >= 4 is 31.0 Å². The van der Waals surface area contributed by atoms with Gasteiger partial charge < -0.3 is 4.55 Å². The number of fused-ring (bicyclic) bond motifs is 1. The van der Waals surface area contributed by atoms with Crippen molar-refractivity contribution in [3.05, 3.63) is 35.2 Å².